The Morgan fingerprint density at radius 2 is 1.77 bits per heavy atom. The van der Waals surface area contributed by atoms with E-state index >= 15 is 0 Å². The number of aliphatic carboxylic acids is 2. The number of carbonyl (C=O) groups is 3. The maximum absolute atomic E-state index is 10.7. The third-order valence-electron chi connectivity index (χ3n) is 1.02. The van der Waals surface area contributed by atoms with Crippen LogP contribution >= 0.6 is 0 Å². The van der Waals surface area contributed by atoms with Gasteiger partial charge in [-0.1, -0.05) is 6.58 Å². The molecule has 0 aromatic carbocycles. The number of carboxylic acids is 2. The molecule has 0 aliphatic carbocycles. The summed E-state index contributed by atoms with van der Waals surface area (Å²) in [4.78, 5) is 30.7. The van der Waals surface area contributed by atoms with Gasteiger partial charge in [0, 0.05) is 5.57 Å². The fourth-order valence-corrected chi connectivity index (χ4v) is 0.443. The molecule has 0 fully saturated rings. The number of hydrogen-bond acceptors (Lipinski definition) is 4. The highest BCUT2D eigenvalue weighted by Crippen LogP contribution is 1.99. The average molecular weight is 188 g/mol. The molecule has 6 nitrogen and oxygen atoms in total. The highest BCUT2D eigenvalue weighted by molar-refractivity contribution is 5.92. The number of carboxylic acid groups (broad SMARTS) is 2. The Balaban J connectivity index is 3.82. The van der Waals surface area contributed by atoms with Crippen molar-refractivity contribution in [3.8, 4) is 0 Å². The van der Waals surface area contributed by atoms with Crippen molar-refractivity contribution in [1.29, 1.82) is 0 Å². The second-order valence-corrected chi connectivity index (χ2v) is 2.14. The Labute approximate surface area is 73.4 Å². The molecule has 0 aromatic rings. The summed E-state index contributed by atoms with van der Waals surface area (Å²) >= 11 is 0. The minimum Gasteiger partial charge on any atom is -0.479 e. The van der Waals surface area contributed by atoms with E-state index < -0.39 is 30.9 Å². The summed E-state index contributed by atoms with van der Waals surface area (Å²) in [6.07, 6.45) is -0.511. The molecule has 72 valence electrons. The molecule has 0 heterocycles. The quantitative estimate of drug-likeness (QED) is 0.451. The van der Waals surface area contributed by atoms with Gasteiger partial charge in [0.2, 0.25) is 0 Å². The summed E-state index contributed by atoms with van der Waals surface area (Å²) in [5.74, 6) is -3.53. The molecule has 0 radical (unpaired) electrons. The lowest BCUT2D eigenvalue weighted by molar-refractivity contribution is -0.155. The predicted molar refractivity (Wildman–Crippen MR) is 40.0 cm³/mol. The molecule has 0 aromatic heterocycles. The van der Waals surface area contributed by atoms with Crippen LogP contribution in [0.5, 0.6) is 0 Å². The number of esters is 1. The molecule has 0 atom stereocenters. The Morgan fingerprint density at radius 1 is 1.23 bits per heavy atom. The smallest absolute Gasteiger partial charge is 0.341 e. The zero-order valence-corrected chi connectivity index (χ0v) is 6.65. The summed E-state index contributed by atoms with van der Waals surface area (Å²) in [5, 5.41) is 16.4. The van der Waals surface area contributed by atoms with Crippen molar-refractivity contribution >= 4 is 17.9 Å². The number of hydrogen-bond donors (Lipinski definition) is 2. The summed E-state index contributed by atoms with van der Waals surface area (Å²) in [6, 6.07) is 0. The van der Waals surface area contributed by atoms with E-state index in [9.17, 15) is 14.4 Å². The van der Waals surface area contributed by atoms with Crippen molar-refractivity contribution in [2.24, 2.45) is 0 Å². The molecule has 0 aliphatic heterocycles. The lowest BCUT2D eigenvalue weighted by Crippen LogP contribution is -2.14. The second-order valence-electron chi connectivity index (χ2n) is 2.14. The summed E-state index contributed by atoms with van der Waals surface area (Å²) in [5.41, 5.74) is -0.338. The molecule has 0 bridgehead atoms. The maximum Gasteiger partial charge on any atom is 0.341 e. The first-order valence-electron chi connectivity index (χ1n) is 3.22. The molecule has 0 aliphatic rings. The highest BCUT2D eigenvalue weighted by atomic mass is 16.5. The van der Waals surface area contributed by atoms with Crippen molar-refractivity contribution in [3.05, 3.63) is 12.2 Å². The van der Waals surface area contributed by atoms with Crippen molar-refractivity contribution in [2.75, 3.05) is 6.61 Å². The van der Waals surface area contributed by atoms with Crippen LogP contribution < -0.4 is 0 Å². The molecular weight excluding hydrogens is 180 g/mol. The van der Waals surface area contributed by atoms with Crippen LogP contribution in [0.3, 0.4) is 0 Å². The van der Waals surface area contributed by atoms with Crippen LogP contribution in [0.2, 0.25) is 0 Å². The lowest BCUT2D eigenvalue weighted by atomic mass is 10.2. The van der Waals surface area contributed by atoms with Gasteiger partial charge in [-0.15, -0.1) is 0 Å². The maximum atomic E-state index is 10.7. The van der Waals surface area contributed by atoms with Crippen molar-refractivity contribution in [2.45, 2.75) is 6.42 Å². The monoisotopic (exact) mass is 188 g/mol. The Bertz CT molecular complexity index is 254. The van der Waals surface area contributed by atoms with E-state index in [0.29, 0.717) is 0 Å². The van der Waals surface area contributed by atoms with Gasteiger partial charge in [0.05, 0.1) is 6.42 Å². The van der Waals surface area contributed by atoms with Gasteiger partial charge in [-0.2, -0.15) is 0 Å². The van der Waals surface area contributed by atoms with E-state index in [2.05, 4.69) is 11.3 Å². The number of rotatable bonds is 5. The molecule has 13 heavy (non-hydrogen) atoms. The Morgan fingerprint density at radius 3 is 2.15 bits per heavy atom. The highest BCUT2D eigenvalue weighted by Gasteiger charge is 2.12. The minimum absolute atomic E-state index is 0.338. The topological polar surface area (TPSA) is 101 Å². The molecule has 0 saturated heterocycles. The third kappa shape index (κ3) is 5.42. The van der Waals surface area contributed by atoms with Gasteiger partial charge in [-0.25, -0.2) is 9.59 Å². The Kier molecular flexibility index (Phi) is 4.21. The Hall–Kier alpha value is -1.85. The van der Waals surface area contributed by atoms with E-state index in [4.69, 9.17) is 10.2 Å². The summed E-state index contributed by atoms with van der Waals surface area (Å²) in [7, 11) is 0. The van der Waals surface area contributed by atoms with E-state index in [0.717, 1.165) is 0 Å². The van der Waals surface area contributed by atoms with Crippen LogP contribution in [-0.4, -0.2) is 34.7 Å². The van der Waals surface area contributed by atoms with Crippen LogP contribution in [0.25, 0.3) is 0 Å². The standard InChI is InChI=1S/C7H8O6/c1-4(7(11)12)2-6(10)13-3-5(8)9/h1-3H2,(H,8,9)(H,11,12). The van der Waals surface area contributed by atoms with Gasteiger partial charge < -0.3 is 14.9 Å². The molecule has 6 heteroatoms. The zero-order chi connectivity index (χ0) is 10.4. The van der Waals surface area contributed by atoms with Crippen molar-refractivity contribution < 1.29 is 29.3 Å². The molecule has 0 spiro atoms. The summed E-state index contributed by atoms with van der Waals surface area (Å²) in [6.45, 7) is 2.30. The lowest BCUT2D eigenvalue weighted by Gasteiger charge is -2.00. The zero-order valence-electron chi connectivity index (χ0n) is 6.65. The van der Waals surface area contributed by atoms with Crippen LogP contribution in [0, 0.1) is 0 Å². The van der Waals surface area contributed by atoms with Crippen LogP contribution in [-0.2, 0) is 19.1 Å². The largest absolute Gasteiger partial charge is 0.479 e. The molecular formula is C7H8O6. The predicted octanol–water partition coefficient (Wildman–Crippen LogP) is -0.355. The average Bonchev–Trinajstić information content (AvgIpc) is 2.00. The normalized spacial score (nSPS) is 8.92. The first-order chi connectivity index (χ1) is 5.93. The van der Waals surface area contributed by atoms with Crippen LogP contribution in [0.4, 0.5) is 0 Å². The second kappa shape index (κ2) is 4.91. The minimum atomic E-state index is -1.31. The van der Waals surface area contributed by atoms with E-state index in [1.165, 1.54) is 0 Å². The number of ether oxygens (including phenoxy) is 1. The number of carbonyl (C=O) groups excluding carboxylic acids is 1. The molecule has 2 N–H and O–H groups in total. The van der Waals surface area contributed by atoms with Crippen LogP contribution in [0.1, 0.15) is 6.42 Å². The molecule has 0 saturated carbocycles. The fourth-order valence-electron chi connectivity index (χ4n) is 0.443. The van der Waals surface area contributed by atoms with Gasteiger partial charge in [0.1, 0.15) is 0 Å². The summed E-state index contributed by atoms with van der Waals surface area (Å²) < 4.78 is 4.16. The third-order valence-corrected chi connectivity index (χ3v) is 1.02. The van der Waals surface area contributed by atoms with Gasteiger partial charge >= 0.3 is 17.9 Å². The van der Waals surface area contributed by atoms with Crippen molar-refractivity contribution in [3.63, 3.8) is 0 Å². The van der Waals surface area contributed by atoms with Gasteiger partial charge in [0.25, 0.3) is 0 Å². The van der Waals surface area contributed by atoms with E-state index in [1.54, 1.807) is 0 Å². The molecule has 0 rings (SSSR count). The van der Waals surface area contributed by atoms with Crippen LogP contribution in [0.15, 0.2) is 12.2 Å². The molecule has 0 amide bonds. The first-order valence-corrected chi connectivity index (χ1v) is 3.22. The van der Waals surface area contributed by atoms with Gasteiger partial charge in [0.15, 0.2) is 6.61 Å². The van der Waals surface area contributed by atoms with Gasteiger partial charge in [-0.05, 0) is 0 Å². The van der Waals surface area contributed by atoms with E-state index in [1.807, 2.05) is 0 Å². The van der Waals surface area contributed by atoms with E-state index in [-0.39, 0.29) is 5.57 Å². The molecule has 0 unspecified atom stereocenters. The van der Waals surface area contributed by atoms with Gasteiger partial charge in [-0.3, -0.25) is 4.79 Å². The SMILES string of the molecule is C=C(CC(=O)OCC(=O)O)C(=O)O. The van der Waals surface area contributed by atoms with Crippen molar-refractivity contribution in [1.82, 2.24) is 0 Å². The first kappa shape index (κ1) is 11.2. The fraction of sp³-hybridized carbons (Fsp3) is 0.286.